The smallest absolute Gasteiger partial charge is 0.238 e. The molecule has 0 radical (unpaired) electrons. The molecule has 0 unspecified atom stereocenters. The summed E-state index contributed by atoms with van der Waals surface area (Å²) in [6, 6.07) is 16.7. The Hall–Kier alpha value is -2.17. The molecule has 1 heterocycles. The van der Waals surface area contributed by atoms with E-state index in [9.17, 15) is 4.79 Å². The lowest BCUT2D eigenvalue weighted by Crippen LogP contribution is -2.48. The number of piperazine rings is 1. The molecular formula is C22H29N3O. The number of anilines is 1. The number of hydrogen-bond donors (Lipinski definition) is 1. The van der Waals surface area contributed by atoms with Gasteiger partial charge in [0.15, 0.2) is 0 Å². The molecule has 2 aromatic rings. The van der Waals surface area contributed by atoms with Crippen molar-refractivity contribution in [3.05, 3.63) is 65.2 Å². The van der Waals surface area contributed by atoms with E-state index in [0.29, 0.717) is 6.54 Å². The number of benzene rings is 2. The number of carbonyl (C=O) groups excluding carboxylic acids is 1. The Bertz CT molecular complexity index is 718. The van der Waals surface area contributed by atoms with Crippen LogP contribution in [-0.4, -0.2) is 48.4 Å². The summed E-state index contributed by atoms with van der Waals surface area (Å²) in [6.45, 7) is 9.65. The number of rotatable bonds is 6. The summed E-state index contributed by atoms with van der Waals surface area (Å²) in [5, 5.41) is 3.00. The van der Waals surface area contributed by atoms with Crippen LogP contribution < -0.4 is 5.32 Å². The van der Waals surface area contributed by atoms with Gasteiger partial charge in [0.1, 0.15) is 0 Å². The Labute approximate surface area is 156 Å². The van der Waals surface area contributed by atoms with Crippen LogP contribution >= 0.6 is 0 Å². The number of amides is 1. The fraction of sp³-hybridized carbons (Fsp3) is 0.409. The molecule has 4 nitrogen and oxygen atoms in total. The van der Waals surface area contributed by atoms with Gasteiger partial charge in [0.2, 0.25) is 5.91 Å². The molecule has 0 aliphatic carbocycles. The van der Waals surface area contributed by atoms with E-state index >= 15 is 0 Å². The van der Waals surface area contributed by atoms with Crippen molar-refractivity contribution in [2.24, 2.45) is 0 Å². The molecule has 0 atom stereocenters. The Morgan fingerprint density at radius 1 is 0.962 bits per heavy atom. The maximum Gasteiger partial charge on any atom is 0.238 e. The molecule has 0 bridgehead atoms. The average molecular weight is 351 g/mol. The van der Waals surface area contributed by atoms with Gasteiger partial charge in [-0.25, -0.2) is 0 Å². The summed E-state index contributed by atoms with van der Waals surface area (Å²) in [5.74, 6) is 0.0709. The highest BCUT2D eigenvalue weighted by atomic mass is 16.2. The van der Waals surface area contributed by atoms with E-state index in [0.717, 1.165) is 44.8 Å². The SMILES string of the molecule is CCc1ccc(NC(=O)CN2CCN(Cc3ccccc3C)CC2)cc1. The van der Waals surface area contributed by atoms with Crippen molar-refractivity contribution >= 4 is 11.6 Å². The van der Waals surface area contributed by atoms with E-state index < -0.39 is 0 Å². The number of carbonyl (C=O) groups is 1. The molecule has 1 aliphatic rings. The first-order chi connectivity index (χ1) is 12.6. The highest BCUT2D eigenvalue weighted by molar-refractivity contribution is 5.92. The van der Waals surface area contributed by atoms with Crippen LogP contribution in [0.3, 0.4) is 0 Å². The maximum atomic E-state index is 12.3. The molecule has 1 saturated heterocycles. The van der Waals surface area contributed by atoms with Crippen molar-refractivity contribution in [3.8, 4) is 0 Å². The summed E-state index contributed by atoms with van der Waals surface area (Å²) in [6.07, 6.45) is 1.01. The van der Waals surface area contributed by atoms with Crippen molar-refractivity contribution in [2.45, 2.75) is 26.8 Å². The van der Waals surface area contributed by atoms with E-state index in [1.165, 1.54) is 16.7 Å². The van der Waals surface area contributed by atoms with Gasteiger partial charge in [-0.1, -0.05) is 43.3 Å². The quantitative estimate of drug-likeness (QED) is 0.867. The molecule has 1 N–H and O–H groups in total. The Morgan fingerprint density at radius 2 is 1.62 bits per heavy atom. The molecule has 26 heavy (non-hydrogen) atoms. The van der Waals surface area contributed by atoms with Gasteiger partial charge in [-0.15, -0.1) is 0 Å². The highest BCUT2D eigenvalue weighted by Crippen LogP contribution is 2.13. The third-order valence-electron chi connectivity index (χ3n) is 5.13. The summed E-state index contributed by atoms with van der Waals surface area (Å²) >= 11 is 0. The molecule has 0 saturated carbocycles. The molecule has 1 fully saturated rings. The van der Waals surface area contributed by atoms with Gasteiger partial charge in [-0.05, 0) is 42.2 Å². The van der Waals surface area contributed by atoms with Crippen LogP contribution in [0.4, 0.5) is 5.69 Å². The number of nitrogens with one attached hydrogen (secondary N) is 1. The van der Waals surface area contributed by atoms with Crippen LogP contribution in [0.15, 0.2) is 48.5 Å². The van der Waals surface area contributed by atoms with Crippen molar-refractivity contribution < 1.29 is 4.79 Å². The van der Waals surface area contributed by atoms with Crippen LogP contribution in [0.2, 0.25) is 0 Å². The summed E-state index contributed by atoms with van der Waals surface area (Å²) in [5.41, 5.74) is 4.91. The topological polar surface area (TPSA) is 35.6 Å². The minimum Gasteiger partial charge on any atom is -0.325 e. The van der Waals surface area contributed by atoms with Gasteiger partial charge in [0.25, 0.3) is 0 Å². The first kappa shape index (κ1) is 18.6. The Balaban J connectivity index is 1.43. The van der Waals surface area contributed by atoms with Gasteiger partial charge >= 0.3 is 0 Å². The Kier molecular flexibility index (Phi) is 6.42. The third-order valence-corrected chi connectivity index (χ3v) is 5.13. The van der Waals surface area contributed by atoms with Crippen LogP contribution in [0.5, 0.6) is 0 Å². The van der Waals surface area contributed by atoms with Gasteiger partial charge in [0, 0.05) is 38.4 Å². The van der Waals surface area contributed by atoms with E-state index in [4.69, 9.17) is 0 Å². The minimum atomic E-state index is 0.0709. The second-order valence-electron chi connectivity index (χ2n) is 7.08. The third kappa shape index (κ3) is 5.16. The molecule has 0 spiro atoms. The maximum absolute atomic E-state index is 12.3. The number of hydrogen-bond acceptors (Lipinski definition) is 3. The lowest BCUT2D eigenvalue weighted by molar-refractivity contribution is -0.117. The van der Waals surface area contributed by atoms with Crippen molar-refractivity contribution in [3.63, 3.8) is 0 Å². The van der Waals surface area contributed by atoms with Gasteiger partial charge in [-0.3, -0.25) is 14.6 Å². The first-order valence-corrected chi connectivity index (χ1v) is 9.52. The molecule has 3 rings (SSSR count). The zero-order chi connectivity index (χ0) is 18.4. The number of nitrogens with zero attached hydrogens (tertiary/aromatic N) is 2. The second kappa shape index (κ2) is 8.97. The average Bonchev–Trinajstić information content (AvgIpc) is 2.66. The van der Waals surface area contributed by atoms with Gasteiger partial charge < -0.3 is 5.32 Å². The van der Waals surface area contributed by atoms with Gasteiger partial charge in [-0.2, -0.15) is 0 Å². The predicted molar refractivity (Wildman–Crippen MR) is 107 cm³/mol. The molecule has 4 heteroatoms. The molecular weight excluding hydrogens is 322 g/mol. The van der Waals surface area contributed by atoms with Crippen LogP contribution in [0, 0.1) is 6.92 Å². The minimum absolute atomic E-state index is 0.0709. The number of aryl methyl sites for hydroxylation is 2. The molecule has 138 valence electrons. The molecule has 0 aromatic heterocycles. The van der Waals surface area contributed by atoms with Crippen LogP contribution in [-0.2, 0) is 17.8 Å². The molecule has 1 aliphatic heterocycles. The highest BCUT2D eigenvalue weighted by Gasteiger charge is 2.19. The fourth-order valence-corrected chi connectivity index (χ4v) is 3.36. The van der Waals surface area contributed by atoms with E-state index in [-0.39, 0.29) is 5.91 Å². The Morgan fingerprint density at radius 3 is 2.27 bits per heavy atom. The van der Waals surface area contributed by atoms with Crippen LogP contribution in [0.1, 0.15) is 23.6 Å². The fourth-order valence-electron chi connectivity index (χ4n) is 3.36. The lowest BCUT2D eigenvalue weighted by atomic mass is 10.1. The molecule has 1 amide bonds. The standard InChI is InChI=1S/C22H29N3O/c1-3-19-8-10-21(11-9-19)23-22(26)17-25-14-12-24(13-15-25)16-20-7-5-4-6-18(20)2/h4-11H,3,12-17H2,1-2H3,(H,23,26). The van der Waals surface area contributed by atoms with Gasteiger partial charge in [0.05, 0.1) is 6.54 Å². The van der Waals surface area contributed by atoms with Crippen molar-refractivity contribution in [1.29, 1.82) is 0 Å². The monoisotopic (exact) mass is 351 g/mol. The largest absolute Gasteiger partial charge is 0.325 e. The van der Waals surface area contributed by atoms with E-state index in [1.807, 2.05) is 12.1 Å². The lowest BCUT2D eigenvalue weighted by Gasteiger charge is -2.34. The van der Waals surface area contributed by atoms with E-state index in [2.05, 4.69) is 65.4 Å². The van der Waals surface area contributed by atoms with Crippen molar-refractivity contribution in [1.82, 2.24) is 9.80 Å². The summed E-state index contributed by atoms with van der Waals surface area (Å²) in [7, 11) is 0. The van der Waals surface area contributed by atoms with Crippen LogP contribution in [0.25, 0.3) is 0 Å². The summed E-state index contributed by atoms with van der Waals surface area (Å²) in [4.78, 5) is 17.0. The predicted octanol–water partition coefficient (Wildman–Crippen LogP) is 3.31. The molecule has 2 aromatic carbocycles. The van der Waals surface area contributed by atoms with E-state index in [1.54, 1.807) is 0 Å². The second-order valence-corrected chi connectivity index (χ2v) is 7.08. The van der Waals surface area contributed by atoms with Crippen molar-refractivity contribution in [2.75, 3.05) is 38.0 Å². The zero-order valence-corrected chi connectivity index (χ0v) is 15.9. The summed E-state index contributed by atoms with van der Waals surface area (Å²) < 4.78 is 0. The normalized spacial score (nSPS) is 15.8. The zero-order valence-electron chi connectivity index (χ0n) is 15.9. The first-order valence-electron chi connectivity index (χ1n) is 9.52.